The van der Waals surface area contributed by atoms with E-state index in [1.807, 2.05) is 6.08 Å². The number of aliphatic hydroxyl groups is 5. The minimum Gasteiger partial charge on any atom is -0.394 e. The van der Waals surface area contributed by atoms with Crippen LogP contribution < -0.4 is 5.32 Å². The van der Waals surface area contributed by atoms with Crippen LogP contribution in [-0.2, 0) is 14.3 Å². The number of carbonyl (C=O) groups is 1. The topological polar surface area (TPSA) is 149 Å². The Balaban J connectivity index is 2.31. The normalized spacial score (nSPS) is 26.7. The molecule has 9 nitrogen and oxygen atoms in total. The first-order valence-corrected chi connectivity index (χ1v) is 13.4. The van der Waals surface area contributed by atoms with Crippen LogP contribution in [0.4, 0.5) is 0 Å². The van der Waals surface area contributed by atoms with Gasteiger partial charge in [0.25, 0.3) is 0 Å². The maximum atomic E-state index is 11.6. The molecular formula is C26H49NO8. The van der Waals surface area contributed by atoms with Crippen LogP contribution in [0.1, 0.15) is 90.9 Å². The lowest BCUT2D eigenvalue weighted by molar-refractivity contribution is -0.302. The summed E-state index contributed by atoms with van der Waals surface area (Å²) in [7, 11) is 0. The van der Waals surface area contributed by atoms with E-state index in [0.717, 1.165) is 19.3 Å². The van der Waals surface area contributed by atoms with Crippen LogP contribution in [0, 0.1) is 0 Å². The highest BCUT2D eigenvalue weighted by Gasteiger charge is 2.44. The van der Waals surface area contributed by atoms with Crippen LogP contribution in [0.25, 0.3) is 0 Å². The minimum absolute atomic E-state index is 0.202. The molecule has 1 fully saturated rings. The van der Waals surface area contributed by atoms with E-state index in [9.17, 15) is 30.3 Å². The van der Waals surface area contributed by atoms with Gasteiger partial charge in [0.05, 0.1) is 25.4 Å². The molecule has 1 aliphatic heterocycles. The quantitative estimate of drug-likeness (QED) is 0.116. The highest BCUT2D eigenvalue weighted by molar-refractivity contribution is 5.73. The lowest BCUT2D eigenvalue weighted by Crippen LogP contribution is -2.60. The lowest BCUT2D eigenvalue weighted by Gasteiger charge is -2.40. The zero-order chi connectivity index (χ0) is 26.1. The summed E-state index contributed by atoms with van der Waals surface area (Å²) in [6.07, 6.45) is 10.3. The molecular weight excluding hydrogens is 454 g/mol. The van der Waals surface area contributed by atoms with E-state index in [4.69, 9.17) is 9.47 Å². The summed E-state index contributed by atoms with van der Waals surface area (Å²) in [5.41, 5.74) is 0. The number of ether oxygens (including phenoxy) is 2. The van der Waals surface area contributed by atoms with E-state index in [-0.39, 0.29) is 12.5 Å². The standard InChI is InChI=1S/C26H49NO8/c1-3-4-5-6-7-8-9-10-11-12-13-14-15-16-21(30)20(27-19(2)29)18-34-26-25(33)24(32)23(31)22(17-28)35-26/h15-16,20-26,28,30-33H,3-14,17-18H2,1-2H3,(H,27,29)/b16-15+/t20-,21+,22+,23-,24-,25+,26-/m0/s1. The molecule has 0 aliphatic carbocycles. The maximum Gasteiger partial charge on any atom is 0.217 e. The molecule has 6 N–H and O–H groups in total. The van der Waals surface area contributed by atoms with Crippen LogP contribution in [0.15, 0.2) is 12.2 Å². The number of aliphatic hydroxyl groups excluding tert-OH is 5. The number of nitrogens with one attached hydrogen (secondary N) is 1. The van der Waals surface area contributed by atoms with Crippen LogP contribution in [0.5, 0.6) is 0 Å². The van der Waals surface area contributed by atoms with Gasteiger partial charge in [0, 0.05) is 6.92 Å². The first kappa shape index (κ1) is 32.0. The predicted octanol–water partition coefficient (Wildman–Crippen LogP) is 1.93. The summed E-state index contributed by atoms with van der Waals surface area (Å²) in [5.74, 6) is -0.356. The van der Waals surface area contributed by atoms with Crippen molar-refractivity contribution in [3.8, 4) is 0 Å². The molecule has 1 saturated heterocycles. The molecule has 0 saturated carbocycles. The van der Waals surface area contributed by atoms with Crippen molar-refractivity contribution in [2.24, 2.45) is 0 Å². The first-order chi connectivity index (χ1) is 16.8. The SMILES string of the molecule is CCCCCCCCCCCCC/C=C/[C@@H](O)[C@H](CO[C@H]1O[C@H](CO)[C@H](O)[C@H](O)[C@H]1O)NC(C)=O. The zero-order valence-electron chi connectivity index (χ0n) is 21.6. The van der Waals surface area contributed by atoms with Crippen molar-refractivity contribution < 1.29 is 39.8 Å². The Hall–Kier alpha value is -1.07. The summed E-state index contributed by atoms with van der Waals surface area (Å²) in [4.78, 5) is 11.6. The lowest BCUT2D eigenvalue weighted by atomic mass is 9.99. The maximum absolute atomic E-state index is 11.6. The molecule has 0 unspecified atom stereocenters. The molecule has 0 aromatic heterocycles. The largest absolute Gasteiger partial charge is 0.394 e. The Morgan fingerprint density at radius 1 is 0.943 bits per heavy atom. The molecule has 1 heterocycles. The summed E-state index contributed by atoms with van der Waals surface area (Å²) < 4.78 is 10.8. The number of hydrogen-bond donors (Lipinski definition) is 6. The second kappa shape index (κ2) is 19.1. The summed E-state index contributed by atoms with van der Waals surface area (Å²) in [6, 6.07) is -0.798. The third kappa shape index (κ3) is 13.2. The van der Waals surface area contributed by atoms with Crippen molar-refractivity contribution in [2.75, 3.05) is 13.2 Å². The van der Waals surface area contributed by atoms with E-state index in [2.05, 4.69) is 12.2 Å². The molecule has 1 amide bonds. The Kier molecular flexibility index (Phi) is 17.4. The number of amides is 1. The van der Waals surface area contributed by atoms with Gasteiger partial charge in [-0.05, 0) is 12.8 Å². The highest BCUT2D eigenvalue weighted by atomic mass is 16.7. The van der Waals surface area contributed by atoms with Crippen molar-refractivity contribution in [1.29, 1.82) is 0 Å². The fourth-order valence-electron chi connectivity index (χ4n) is 4.19. The first-order valence-electron chi connectivity index (χ1n) is 13.4. The predicted molar refractivity (Wildman–Crippen MR) is 134 cm³/mol. The number of rotatable bonds is 19. The third-order valence-corrected chi connectivity index (χ3v) is 6.40. The average molecular weight is 504 g/mol. The van der Waals surface area contributed by atoms with Gasteiger partial charge in [-0.25, -0.2) is 0 Å². The van der Waals surface area contributed by atoms with Crippen LogP contribution in [-0.4, -0.2) is 87.5 Å². The van der Waals surface area contributed by atoms with E-state index in [0.29, 0.717) is 0 Å². The van der Waals surface area contributed by atoms with E-state index in [1.54, 1.807) is 6.08 Å². The molecule has 35 heavy (non-hydrogen) atoms. The van der Waals surface area contributed by atoms with Gasteiger partial charge in [-0.1, -0.05) is 83.3 Å². The number of allylic oxidation sites excluding steroid dienone is 1. The Bertz CT molecular complexity index is 574. The van der Waals surface area contributed by atoms with Crippen molar-refractivity contribution >= 4 is 5.91 Å². The smallest absolute Gasteiger partial charge is 0.217 e. The Morgan fingerprint density at radius 2 is 1.51 bits per heavy atom. The van der Waals surface area contributed by atoms with Crippen molar-refractivity contribution in [3.05, 3.63) is 12.2 Å². The second-order valence-corrected chi connectivity index (χ2v) is 9.58. The minimum atomic E-state index is -1.55. The Morgan fingerprint density at radius 3 is 2.06 bits per heavy atom. The van der Waals surface area contributed by atoms with Crippen molar-refractivity contribution in [1.82, 2.24) is 5.32 Å². The van der Waals surface area contributed by atoms with Gasteiger partial charge < -0.3 is 40.3 Å². The molecule has 206 valence electrons. The van der Waals surface area contributed by atoms with Gasteiger partial charge in [0.1, 0.15) is 24.4 Å². The second-order valence-electron chi connectivity index (χ2n) is 9.58. The van der Waals surface area contributed by atoms with Crippen LogP contribution in [0.2, 0.25) is 0 Å². The monoisotopic (exact) mass is 503 g/mol. The van der Waals surface area contributed by atoms with Crippen molar-refractivity contribution in [3.63, 3.8) is 0 Å². The summed E-state index contributed by atoms with van der Waals surface area (Å²) in [6.45, 7) is 2.79. The van der Waals surface area contributed by atoms with Crippen LogP contribution in [0.3, 0.4) is 0 Å². The molecule has 7 atom stereocenters. The third-order valence-electron chi connectivity index (χ3n) is 6.40. The number of carbonyl (C=O) groups excluding carboxylic acids is 1. The van der Waals surface area contributed by atoms with Crippen molar-refractivity contribution in [2.45, 2.75) is 134 Å². The molecule has 0 aromatic rings. The van der Waals surface area contributed by atoms with Gasteiger partial charge in [-0.3, -0.25) is 4.79 Å². The van der Waals surface area contributed by atoms with E-state index in [1.165, 1.54) is 64.7 Å². The molecule has 0 spiro atoms. The summed E-state index contributed by atoms with van der Waals surface area (Å²) in [5, 5.41) is 52.2. The van der Waals surface area contributed by atoms with Gasteiger partial charge in [-0.15, -0.1) is 0 Å². The molecule has 0 aromatic carbocycles. The molecule has 0 radical (unpaired) electrons. The fraction of sp³-hybridized carbons (Fsp3) is 0.885. The fourth-order valence-corrected chi connectivity index (χ4v) is 4.19. The average Bonchev–Trinajstić information content (AvgIpc) is 2.83. The molecule has 0 bridgehead atoms. The molecule has 1 aliphatic rings. The summed E-state index contributed by atoms with van der Waals surface area (Å²) >= 11 is 0. The number of unbranched alkanes of at least 4 members (excludes halogenated alkanes) is 11. The van der Waals surface area contributed by atoms with Gasteiger partial charge in [0.15, 0.2) is 6.29 Å². The van der Waals surface area contributed by atoms with Gasteiger partial charge >= 0.3 is 0 Å². The van der Waals surface area contributed by atoms with Crippen LogP contribution >= 0.6 is 0 Å². The number of hydrogen-bond acceptors (Lipinski definition) is 8. The Labute approximate surface area is 210 Å². The van der Waals surface area contributed by atoms with E-state index < -0.39 is 49.5 Å². The molecule has 1 rings (SSSR count). The molecule has 9 heteroatoms. The van der Waals surface area contributed by atoms with Gasteiger partial charge in [0.2, 0.25) is 5.91 Å². The zero-order valence-corrected chi connectivity index (χ0v) is 21.6. The highest BCUT2D eigenvalue weighted by Crippen LogP contribution is 2.22. The van der Waals surface area contributed by atoms with E-state index >= 15 is 0 Å². The van der Waals surface area contributed by atoms with Gasteiger partial charge in [-0.2, -0.15) is 0 Å².